The Morgan fingerprint density at radius 1 is 1.28 bits per heavy atom. The summed E-state index contributed by atoms with van der Waals surface area (Å²) in [5.41, 5.74) is 1.46. The molecule has 174 valence electrons. The molecule has 1 saturated heterocycles. The Labute approximate surface area is 189 Å². The Morgan fingerprint density at radius 3 is 2.59 bits per heavy atom. The van der Waals surface area contributed by atoms with Gasteiger partial charge in [-0.25, -0.2) is 0 Å². The zero-order valence-corrected chi connectivity index (χ0v) is 19.5. The van der Waals surface area contributed by atoms with Crippen LogP contribution >= 0.6 is 0 Å². The SMILES string of the molecule is C/C=c1/c(C(=O)N(C)C)nn(Cc2ccccc2)/c1=C(/C)OC[C@@H](O)CN1CCOCC1. The van der Waals surface area contributed by atoms with E-state index < -0.39 is 6.10 Å². The summed E-state index contributed by atoms with van der Waals surface area (Å²) < 4.78 is 13.2. The van der Waals surface area contributed by atoms with Crippen LogP contribution in [0.15, 0.2) is 30.3 Å². The van der Waals surface area contributed by atoms with Crippen molar-refractivity contribution in [2.45, 2.75) is 26.5 Å². The van der Waals surface area contributed by atoms with Crippen LogP contribution in [0.4, 0.5) is 0 Å². The molecule has 0 saturated carbocycles. The van der Waals surface area contributed by atoms with Crippen molar-refractivity contribution < 1.29 is 19.4 Å². The van der Waals surface area contributed by atoms with Gasteiger partial charge in [0.1, 0.15) is 23.8 Å². The number of ether oxygens (including phenoxy) is 2. The summed E-state index contributed by atoms with van der Waals surface area (Å²) >= 11 is 0. The first kappa shape index (κ1) is 24.0. The Hall–Kier alpha value is -2.68. The fourth-order valence-corrected chi connectivity index (χ4v) is 3.79. The third-order valence-corrected chi connectivity index (χ3v) is 5.46. The van der Waals surface area contributed by atoms with Crippen LogP contribution in [-0.2, 0) is 16.0 Å². The lowest BCUT2D eigenvalue weighted by atomic mass is 10.2. The van der Waals surface area contributed by atoms with Gasteiger partial charge in [0.15, 0.2) is 5.69 Å². The number of nitrogens with zero attached hydrogens (tertiary/aromatic N) is 4. The second kappa shape index (κ2) is 11.3. The summed E-state index contributed by atoms with van der Waals surface area (Å²) in [6, 6.07) is 9.97. The number of aromatic nitrogens is 2. The second-order valence-corrected chi connectivity index (χ2v) is 8.18. The van der Waals surface area contributed by atoms with Gasteiger partial charge < -0.3 is 19.5 Å². The zero-order valence-electron chi connectivity index (χ0n) is 19.5. The first-order valence-corrected chi connectivity index (χ1v) is 11.0. The Balaban J connectivity index is 1.90. The van der Waals surface area contributed by atoms with Gasteiger partial charge in [-0.1, -0.05) is 36.4 Å². The normalized spacial score (nSPS) is 17.2. The molecule has 1 aliphatic rings. The van der Waals surface area contributed by atoms with Crippen molar-refractivity contribution in [1.29, 1.82) is 0 Å². The van der Waals surface area contributed by atoms with Crippen LogP contribution in [0, 0.1) is 0 Å². The van der Waals surface area contributed by atoms with Crippen molar-refractivity contribution in [3.63, 3.8) is 0 Å². The van der Waals surface area contributed by atoms with Crippen LogP contribution in [-0.4, -0.2) is 90.2 Å². The molecule has 8 nitrogen and oxygen atoms in total. The third-order valence-electron chi connectivity index (χ3n) is 5.46. The summed E-state index contributed by atoms with van der Waals surface area (Å²) in [7, 11) is 3.43. The van der Waals surface area contributed by atoms with E-state index >= 15 is 0 Å². The number of aliphatic hydroxyl groups is 1. The topological polar surface area (TPSA) is 80.1 Å². The molecular formula is C24H34N4O4. The van der Waals surface area contributed by atoms with E-state index in [1.807, 2.05) is 54.9 Å². The molecule has 1 N–H and O–H groups in total. The van der Waals surface area contributed by atoms with E-state index in [-0.39, 0.29) is 12.5 Å². The number of aliphatic hydroxyl groups excluding tert-OH is 1. The molecular weight excluding hydrogens is 408 g/mol. The van der Waals surface area contributed by atoms with E-state index in [0.717, 1.165) is 29.2 Å². The highest BCUT2D eigenvalue weighted by Crippen LogP contribution is 2.04. The lowest BCUT2D eigenvalue weighted by molar-refractivity contribution is 0.00127. The molecule has 2 heterocycles. The molecule has 1 aromatic heterocycles. The van der Waals surface area contributed by atoms with Crippen molar-refractivity contribution in [3.8, 4) is 0 Å². The van der Waals surface area contributed by atoms with Gasteiger partial charge >= 0.3 is 0 Å². The highest BCUT2D eigenvalue weighted by molar-refractivity contribution is 5.92. The van der Waals surface area contributed by atoms with Crippen molar-refractivity contribution >= 4 is 17.7 Å². The first-order chi connectivity index (χ1) is 15.4. The molecule has 0 aliphatic carbocycles. The minimum absolute atomic E-state index is 0.161. The minimum Gasteiger partial charge on any atom is -0.493 e. The number of hydrogen-bond acceptors (Lipinski definition) is 6. The van der Waals surface area contributed by atoms with Gasteiger partial charge in [0.25, 0.3) is 5.91 Å². The van der Waals surface area contributed by atoms with Gasteiger partial charge in [-0.3, -0.25) is 14.4 Å². The van der Waals surface area contributed by atoms with E-state index in [4.69, 9.17) is 9.47 Å². The molecule has 0 bridgehead atoms. The largest absolute Gasteiger partial charge is 0.493 e. The molecule has 0 radical (unpaired) electrons. The highest BCUT2D eigenvalue weighted by Gasteiger charge is 2.19. The second-order valence-electron chi connectivity index (χ2n) is 8.18. The fraction of sp³-hybridized carbons (Fsp3) is 0.500. The van der Waals surface area contributed by atoms with Crippen molar-refractivity contribution in [2.24, 2.45) is 0 Å². The third kappa shape index (κ3) is 5.97. The number of carbonyl (C=O) groups excluding carboxylic acids is 1. The van der Waals surface area contributed by atoms with Gasteiger partial charge in [-0.2, -0.15) is 5.10 Å². The predicted octanol–water partition coefficient (Wildman–Crippen LogP) is 0.271. The predicted molar refractivity (Wildman–Crippen MR) is 123 cm³/mol. The van der Waals surface area contributed by atoms with Crippen LogP contribution in [0.2, 0.25) is 0 Å². The van der Waals surface area contributed by atoms with Crippen LogP contribution in [0.25, 0.3) is 11.8 Å². The summed E-state index contributed by atoms with van der Waals surface area (Å²) in [5.74, 6) is 0.465. The number of hydrogen-bond donors (Lipinski definition) is 1. The average molecular weight is 443 g/mol. The van der Waals surface area contributed by atoms with Crippen molar-refractivity contribution in [2.75, 3.05) is 53.6 Å². The Bertz CT molecular complexity index is 1010. The maximum absolute atomic E-state index is 12.8. The van der Waals surface area contributed by atoms with Gasteiger partial charge in [-0.05, 0) is 19.4 Å². The molecule has 32 heavy (non-hydrogen) atoms. The maximum Gasteiger partial charge on any atom is 0.274 e. The van der Waals surface area contributed by atoms with E-state index in [2.05, 4.69) is 10.00 Å². The van der Waals surface area contributed by atoms with Crippen molar-refractivity contribution in [3.05, 3.63) is 52.2 Å². The first-order valence-electron chi connectivity index (χ1n) is 11.0. The molecule has 0 unspecified atom stereocenters. The number of β-amino-alcohol motifs (C(OH)–C–C–N with tert-alkyl or cyclic N) is 1. The summed E-state index contributed by atoms with van der Waals surface area (Å²) in [6.07, 6.45) is 1.27. The van der Waals surface area contributed by atoms with E-state index in [1.54, 1.807) is 14.1 Å². The lowest BCUT2D eigenvalue weighted by Gasteiger charge is -2.28. The fourth-order valence-electron chi connectivity index (χ4n) is 3.79. The molecule has 3 rings (SSSR count). The average Bonchev–Trinajstić information content (AvgIpc) is 3.16. The quantitative estimate of drug-likeness (QED) is 0.632. The number of rotatable bonds is 8. The standard InChI is InChI=1S/C24H34N4O4/c1-5-21-22(24(30)26(3)4)25-28(15-19-9-7-6-8-10-19)23(21)18(2)32-17-20(29)16-27-11-13-31-14-12-27/h5-10,20,29H,11-17H2,1-4H3/b21-5-,23-18-/t20-/m0/s1. The Kier molecular flexibility index (Phi) is 8.44. The van der Waals surface area contributed by atoms with Crippen LogP contribution in [0.1, 0.15) is 29.9 Å². The van der Waals surface area contributed by atoms with Crippen LogP contribution < -0.4 is 10.6 Å². The van der Waals surface area contributed by atoms with Crippen LogP contribution in [0.3, 0.4) is 0 Å². The van der Waals surface area contributed by atoms with Gasteiger partial charge in [-0.15, -0.1) is 0 Å². The highest BCUT2D eigenvalue weighted by atomic mass is 16.5. The lowest BCUT2D eigenvalue weighted by Crippen LogP contribution is -2.42. The molecule has 1 amide bonds. The van der Waals surface area contributed by atoms with Crippen LogP contribution in [0.5, 0.6) is 0 Å². The minimum atomic E-state index is -0.620. The molecule has 1 aromatic carbocycles. The summed E-state index contributed by atoms with van der Waals surface area (Å²) in [5, 5.41) is 16.6. The van der Waals surface area contributed by atoms with E-state index in [1.165, 1.54) is 4.90 Å². The van der Waals surface area contributed by atoms with Gasteiger partial charge in [0, 0.05) is 38.9 Å². The summed E-state index contributed by atoms with van der Waals surface area (Å²) in [4.78, 5) is 16.5. The number of carbonyl (C=O) groups is 1. The molecule has 1 fully saturated rings. The zero-order chi connectivity index (χ0) is 23.1. The van der Waals surface area contributed by atoms with E-state index in [0.29, 0.717) is 37.8 Å². The van der Waals surface area contributed by atoms with Gasteiger partial charge in [0.05, 0.1) is 19.8 Å². The molecule has 0 spiro atoms. The monoisotopic (exact) mass is 442 g/mol. The van der Waals surface area contributed by atoms with Crippen molar-refractivity contribution in [1.82, 2.24) is 19.6 Å². The number of morpholine rings is 1. The van der Waals surface area contributed by atoms with Gasteiger partial charge in [0.2, 0.25) is 0 Å². The number of amides is 1. The number of benzene rings is 1. The molecule has 1 aliphatic heterocycles. The maximum atomic E-state index is 12.8. The van der Waals surface area contributed by atoms with E-state index in [9.17, 15) is 9.90 Å². The molecule has 8 heteroatoms. The molecule has 2 aromatic rings. The summed E-state index contributed by atoms with van der Waals surface area (Å²) in [6.45, 7) is 7.97. The molecule has 1 atom stereocenters. The smallest absolute Gasteiger partial charge is 0.274 e. The Morgan fingerprint density at radius 2 is 1.97 bits per heavy atom.